The van der Waals surface area contributed by atoms with Crippen LogP contribution in [0.1, 0.15) is 17.5 Å². The molecule has 3 aliphatic heterocycles. The Balaban J connectivity index is 1.23. The molecule has 0 unspecified atom stereocenters. The minimum atomic E-state index is -4.45. The zero-order valence-corrected chi connectivity index (χ0v) is 16.7. The number of morpholine rings is 1. The number of carbonyl (C=O) groups excluding carboxylic acids is 2. The second-order valence-corrected chi connectivity index (χ2v) is 8.09. The van der Waals surface area contributed by atoms with E-state index in [4.69, 9.17) is 21.1 Å². The standard InChI is InChI=1S/C19H21ClF3N3O4/c20-14-5-12(19(21,22)23)2-1-11(14)9-29-13-6-26(7-13)18(28)25-4-3-16-15(8-25)24-17(27)10-30-16/h1-2,5,13,15-16H,3-4,6-10H2,(H,24,27)/t15-,16-/m0/s1. The molecule has 0 aliphatic carbocycles. The van der Waals surface area contributed by atoms with Crippen LogP contribution in [0.3, 0.4) is 0 Å². The Morgan fingerprint density at radius 1 is 1.27 bits per heavy atom. The van der Waals surface area contributed by atoms with E-state index in [9.17, 15) is 22.8 Å². The molecular formula is C19H21ClF3N3O4. The summed E-state index contributed by atoms with van der Waals surface area (Å²) in [7, 11) is 0. The van der Waals surface area contributed by atoms with Gasteiger partial charge in [-0.3, -0.25) is 4.79 Å². The average molecular weight is 448 g/mol. The molecule has 0 bridgehead atoms. The maximum atomic E-state index is 12.7. The average Bonchev–Trinajstić information content (AvgIpc) is 2.66. The van der Waals surface area contributed by atoms with E-state index in [0.717, 1.165) is 12.1 Å². The molecule has 11 heteroatoms. The van der Waals surface area contributed by atoms with Crippen molar-refractivity contribution in [3.63, 3.8) is 0 Å². The lowest BCUT2D eigenvalue weighted by Gasteiger charge is -2.46. The number of fused-ring (bicyclic) bond motifs is 1. The third kappa shape index (κ3) is 4.50. The van der Waals surface area contributed by atoms with E-state index in [-0.39, 0.29) is 48.4 Å². The number of nitrogens with zero attached hydrogens (tertiary/aromatic N) is 2. The number of likely N-dealkylation sites (tertiary alicyclic amines) is 2. The Bertz CT molecular complexity index is 832. The lowest BCUT2D eigenvalue weighted by atomic mass is 10.0. The number of ether oxygens (including phenoxy) is 2. The van der Waals surface area contributed by atoms with E-state index < -0.39 is 11.7 Å². The summed E-state index contributed by atoms with van der Waals surface area (Å²) in [4.78, 5) is 27.5. The fourth-order valence-electron chi connectivity index (χ4n) is 3.82. The van der Waals surface area contributed by atoms with Gasteiger partial charge in [-0.2, -0.15) is 13.2 Å². The van der Waals surface area contributed by atoms with Gasteiger partial charge in [-0.1, -0.05) is 17.7 Å². The number of benzene rings is 1. The van der Waals surface area contributed by atoms with Crippen LogP contribution in [0.25, 0.3) is 0 Å². The number of rotatable bonds is 3. The first-order valence-electron chi connectivity index (χ1n) is 9.63. The van der Waals surface area contributed by atoms with Crippen LogP contribution in [0.4, 0.5) is 18.0 Å². The van der Waals surface area contributed by atoms with Crippen LogP contribution in [0.2, 0.25) is 5.02 Å². The molecule has 3 saturated heterocycles. The van der Waals surface area contributed by atoms with E-state index in [1.807, 2.05) is 0 Å². The normalized spacial score (nSPS) is 24.9. The summed E-state index contributed by atoms with van der Waals surface area (Å²) >= 11 is 5.94. The Morgan fingerprint density at radius 2 is 2.03 bits per heavy atom. The van der Waals surface area contributed by atoms with Crippen LogP contribution >= 0.6 is 11.6 Å². The van der Waals surface area contributed by atoms with Gasteiger partial charge in [0, 0.05) is 18.1 Å². The van der Waals surface area contributed by atoms with Crippen LogP contribution in [0.5, 0.6) is 0 Å². The van der Waals surface area contributed by atoms with Gasteiger partial charge in [0.1, 0.15) is 6.61 Å². The smallest absolute Gasteiger partial charge is 0.370 e. The fourth-order valence-corrected chi connectivity index (χ4v) is 4.06. The SMILES string of the molecule is O=C1CO[C@H]2CCN(C(=O)N3CC(OCc4ccc(C(F)(F)F)cc4Cl)C3)C[C@@H]2N1. The van der Waals surface area contributed by atoms with Gasteiger partial charge in [-0.05, 0) is 24.1 Å². The van der Waals surface area contributed by atoms with Gasteiger partial charge in [0.25, 0.3) is 0 Å². The third-order valence-electron chi connectivity index (χ3n) is 5.57. The minimum Gasteiger partial charge on any atom is -0.370 e. The fraction of sp³-hybridized carbons (Fsp3) is 0.579. The first-order chi connectivity index (χ1) is 14.2. The number of carbonyl (C=O) groups is 2. The van der Waals surface area contributed by atoms with E-state index in [2.05, 4.69) is 5.32 Å². The molecule has 0 spiro atoms. The molecule has 3 fully saturated rings. The molecule has 1 aromatic carbocycles. The minimum absolute atomic E-state index is 0.00306. The van der Waals surface area contributed by atoms with Crippen molar-refractivity contribution in [1.29, 1.82) is 0 Å². The molecular weight excluding hydrogens is 427 g/mol. The topological polar surface area (TPSA) is 71.1 Å². The lowest BCUT2D eigenvalue weighted by Crippen LogP contribution is -2.65. The number of amides is 3. The Labute approximate surface area is 176 Å². The van der Waals surface area contributed by atoms with Crippen molar-refractivity contribution in [1.82, 2.24) is 15.1 Å². The molecule has 7 nitrogen and oxygen atoms in total. The Morgan fingerprint density at radius 3 is 2.73 bits per heavy atom. The van der Waals surface area contributed by atoms with Crippen LogP contribution < -0.4 is 5.32 Å². The zero-order chi connectivity index (χ0) is 21.5. The van der Waals surface area contributed by atoms with Crippen molar-refractivity contribution < 1.29 is 32.2 Å². The summed E-state index contributed by atoms with van der Waals surface area (Å²) in [6, 6.07) is 2.84. The molecule has 164 valence electrons. The highest BCUT2D eigenvalue weighted by Crippen LogP contribution is 2.32. The molecule has 3 amide bonds. The quantitative estimate of drug-likeness (QED) is 0.771. The van der Waals surface area contributed by atoms with Gasteiger partial charge < -0.3 is 24.6 Å². The molecule has 4 rings (SSSR count). The van der Waals surface area contributed by atoms with Gasteiger partial charge in [0.05, 0.1) is 43.5 Å². The summed E-state index contributed by atoms with van der Waals surface area (Å²) < 4.78 is 49.3. The lowest BCUT2D eigenvalue weighted by molar-refractivity contribution is -0.140. The summed E-state index contributed by atoms with van der Waals surface area (Å²) in [6.07, 6.45) is -4.05. The molecule has 0 saturated carbocycles. The first kappa shape index (κ1) is 21.2. The van der Waals surface area contributed by atoms with Crippen LogP contribution in [-0.2, 0) is 27.1 Å². The number of hydrogen-bond acceptors (Lipinski definition) is 4. The molecule has 1 aromatic rings. The maximum absolute atomic E-state index is 12.7. The molecule has 0 radical (unpaired) electrons. The van der Waals surface area contributed by atoms with Gasteiger partial charge in [0.2, 0.25) is 5.91 Å². The van der Waals surface area contributed by atoms with Crippen molar-refractivity contribution in [2.45, 2.75) is 37.5 Å². The van der Waals surface area contributed by atoms with Crippen molar-refractivity contribution >= 4 is 23.5 Å². The number of halogens is 4. The van der Waals surface area contributed by atoms with Crippen molar-refractivity contribution in [3.05, 3.63) is 34.3 Å². The van der Waals surface area contributed by atoms with Crippen LogP contribution in [0.15, 0.2) is 18.2 Å². The molecule has 0 aromatic heterocycles. The Kier molecular flexibility index (Phi) is 5.82. The predicted octanol–water partition coefficient (Wildman–Crippen LogP) is 2.27. The van der Waals surface area contributed by atoms with Crippen LogP contribution in [-0.4, -0.2) is 72.8 Å². The molecule has 2 atom stereocenters. The molecule has 30 heavy (non-hydrogen) atoms. The maximum Gasteiger partial charge on any atom is 0.416 e. The van der Waals surface area contributed by atoms with E-state index >= 15 is 0 Å². The van der Waals surface area contributed by atoms with Crippen molar-refractivity contribution in [2.75, 3.05) is 32.8 Å². The molecule has 1 N–H and O–H groups in total. The number of nitrogens with one attached hydrogen (secondary N) is 1. The Hall–Kier alpha value is -2.04. The zero-order valence-electron chi connectivity index (χ0n) is 16.0. The predicted molar refractivity (Wildman–Crippen MR) is 99.9 cm³/mol. The summed E-state index contributed by atoms with van der Waals surface area (Å²) in [5.74, 6) is -0.176. The highest BCUT2D eigenvalue weighted by atomic mass is 35.5. The second-order valence-electron chi connectivity index (χ2n) is 7.68. The van der Waals surface area contributed by atoms with Gasteiger partial charge in [-0.25, -0.2) is 4.79 Å². The van der Waals surface area contributed by atoms with Gasteiger partial charge >= 0.3 is 12.2 Å². The molecule has 3 aliphatic rings. The number of hydrogen-bond donors (Lipinski definition) is 1. The number of urea groups is 1. The third-order valence-corrected chi connectivity index (χ3v) is 5.92. The van der Waals surface area contributed by atoms with E-state index in [1.54, 1.807) is 9.80 Å². The number of alkyl halides is 3. The highest BCUT2D eigenvalue weighted by Gasteiger charge is 2.40. The molecule has 3 heterocycles. The van der Waals surface area contributed by atoms with Crippen molar-refractivity contribution in [3.8, 4) is 0 Å². The highest BCUT2D eigenvalue weighted by molar-refractivity contribution is 6.31. The van der Waals surface area contributed by atoms with Crippen molar-refractivity contribution in [2.24, 2.45) is 0 Å². The van der Waals surface area contributed by atoms with E-state index in [1.165, 1.54) is 6.07 Å². The monoisotopic (exact) mass is 447 g/mol. The largest absolute Gasteiger partial charge is 0.416 e. The van der Waals surface area contributed by atoms with Crippen LogP contribution in [0, 0.1) is 0 Å². The first-order valence-corrected chi connectivity index (χ1v) is 10.0. The van der Waals surface area contributed by atoms with E-state index in [0.29, 0.717) is 38.2 Å². The summed E-state index contributed by atoms with van der Waals surface area (Å²) in [5.41, 5.74) is -0.343. The van der Waals surface area contributed by atoms with Gasteiger partial charge in [0.15, 0.2) is 0 Å². The second kappa shape index (κ2) is 8.24. The summed E-state index contributed by atoms with van der Waals surface area (Å²) in [5, 5.41) is 2.86. The van der Waals surface area contributed by atoms with Gasteiger partial charge in [-0.15, -0.1) is 0 Å². The summed E-state index contributed by atoms with van der Waals surface area (Å²) in [6.45, 7) is 1.87. The number of piperidine rings is 1.